The number of rotatable bonds is 2. The molecule has 21 heavy (non-hydrogen) atoms. The van der Waals surface area contributed by atoms with Crippen LogP contribution in [-0.4, -0.2) is 28.6 Å². The molecule has 0 bridgehead atoms. The summed E-state index contributed by atoms with van der Waals surface area (Å²) in [5, 5.41) is 9.59. The molecule has 1 aromatic carbocycles. The molecule has 1 aromatic rings. The number of fused-ring (bicyclic) bond motifs is 1. The zero-order valence-corrected chi connectivity index (χ0v) is 13.0. The SMILES string of the molecule is CC1CCC(C)C(N2Cc3ccccc3C(C(=O)O)C2)C1. The van der Waals surface area contributed by atoms with Gasteiger partial charge in [-0.1, -0.05) is 44.5 Å². The van der Waals surface area contributed by atoms with Crippen LogP contribution in [0.25, 0.3) is 0 Å². The van der Waals surface area contributed by atoms with Crippen molar-refractivity contribution in [1.29, 1.82) is 0 Å². The van der Waals surface area contributed by atoms with Crippen molar-refractivity contribution in [2.24, 2.45) is 11.8 Å². The van der Waals surface area contributed by atoms with Gasteiger partial charge in [-0.3, -0.25) is 9.69 Å². The fourth-order valence-electron chi connectivity index (χ4n) is 4.11. The zero-order chi connectivity index (χ0) is 15.0. The van der Waals surface area contributed by atoms with Gasteiger partial charge in [0.1, 0.15) is 0 Å². The van der Waals surface area contributed by atoms with Gasteiger partial charge in [0.25, 0.3) is 0 Å². The molecule has 0 amide bonds. The highest BCUT2D eigenvalue weighted by Crippen LogP contribution is 2.37. The molecule has 3 nitrogen and oxygen atoms in total. The van der Waals surface area contributed by atoms with Gasteiger partial charge in [0.05, 0.1) is 5.92 Å². The van der Waals surface area contributed by atoms with E-state index in [0.717, 1.165) is 18.0 Å². The summed E-state index contributed by atoms with van der Waals surface area (Å²) in [7, 11) is 0. The number of nitrogens with zero attached hydrogens (tertiary/aromatic N) is 1. The number of carbonyl (C=O) groups is 1. The molecular weight excluding hydrogens is 262 g/mol. The van der Waals surface area contributed by atoms with Crippen LogP contribution in [-0.2, 0) is 11.3 Å². The van der Waals surface area contributed by atoms with Gasteiger partial charge in [-0.25, -0.2) is 0 Å². The van der Waals surface area contributed by atoms with Gasteiger partial charge in [0, 0.05) is 19.1 Å². The molecule has 0 aromatic heterocycles. The first kappa shape index (κ1) is 14.6. The number of carboxylic acids is 1. The van der Waals surface area contributed by atoms with Gasteiger partial charge < -0.3 is 5.11 Å². The van der Waals surface area contributed by atoms with Crippen LogP contribution in [0.4, 0.5) is 0 Å². The Hall–Kier alpha value is -1.35. The maximum absolute atomic E-state index is 11.7. The summed E-state index contributed by atoms with van der Waals surface area (Å²) in [4.78, 5) is 14.1. The standard InChI is InChI=1S/C18H25NO2/c1-12-7-8-13(2)17(9-12)19-10-14-5-3-4-6-15(14)16(11-19)18(20)21/h3-6,12-13,16-17H,7-11H2,1-2H3,(H,20,21). The summed E-state index contributed by atoms with van der Waals surface area (Å²) in [5.41, 5.74) is 2.21. The summed E-state index contributed by atoms with van der Waals surface area (Å²) in [6.45, 7) is 6.22. The third-order valence-electron chi connectivity index (χ3n) is 5.40. The summed E-state index contributed by atoms with van der Waals surface area (Å²) >= 11 is 0. The molecule has 1 aliphatic carbocycles. The number of carboxylic acid groups (broad SMARTS) is 1. The Labute approximate surface area is 127 Å². The maximum Gasteiger partial charge on any atom is 0.312 e. The lowest BCUT2D eigenvalue weighted by Gasteiger charge is -2.44. The van der Waals surface area contributed by atoms with Crippen molar-refractivity contribution in [2.75, 3.05) is 6.54 Å². The van der Waals surface area contributed by atoms with Crippen molar-refractivity contribution in [1.82, 2.24) is 4.90 Å². The molecule has 1 saturated carbocycles. The molecule has 1 N–H and O–H groups in total. The van der Waals surface area contributed by atoms with Crippen LogP contribution < -0.4 is 0 Å². The Kier molecular flexibility index (Phi) is 4.03. The molecule has 3 heteroatoms. The van der Waals surface area contributed by atoms with E-state index in [1.807, 2.05) is 18.2 Å². The Bertz CT molecular complexity index is 528. The van der Waals surface area contributed by atoms with Gasteiger partial charge in [0.15, 0.2) is 0 Å². The van der Waals surface area contributed by atoms with Gasteiger partial charge in [-0.15, -0.1) is 0 Å². The average Bonchev–Trinajstić information content (AvgIpc) is 2.48. The molecule has 1 heterocycles. The predicted octanol–water partition coefficient (Wildman–Crippen LogP) is 3.50. The molecule has 3 rings (SSSR count). The quantitative estimate of drug-likeness (QED) is 0.905. The minimum atomic E-state index is -0.691. The lowest BCUT2D eigenvalue weighted by molar-refractivity contribution is -0.140. The van der Waals surface area contributed by atoms with E-state index in [2.05, 4.69) is 24.8 Å². The first-order chi connectivity index (χ1) is 10.1. The minimum Gasteiger partial charge on any atom is -0.481 e. The van der Waals surface area contributed by atoms with Gasteiger partial charge in [-0.2, -0.15) is 0 Å². The van der Waals surface area contributed by atoms with E-state index in [0.29, 0.717) is 18.5 Å². The molecule has 0 saturated heterocycles. The lowest BCUT2D eigenvalue weighted by atomic mass is 9.77. The van der Waals surface area contributed by atoms with Crippen molar-refractivity contribution < 1.29 is 9.90 Å². The lowest BCUT2D eigenvalue weighted by Crippen LogP contribution is -2.47. The van der Waals surface area contributed by atoms with Crippen molar-refractivity contribution in [3.05, 3.63) is 35.4 Å². The fourth-order valence-corrected chi connectivity index (χ4v) is 4.11. The predicted molar refractivity (Wildman–Crippen MR) is 83.2 cm³/mol. The van der Waals surface area contributed by atoms with E-state index in [9.17, 15) is 9.90 Å². The Morgan fingerprint density at radius 2 is 2.00 bits per heavy atom. The summed E-state index contributed by atoms with van der Waals surface area (Å²) in [6, 6.07) is 8.58. The van der Waals surface area contributed by atoms with Crippen LogP contribution in [0.5, 0.6) is 0 Å². The highest BCUT2D eigenvalue weighted by atomic mass is 16.4. The van der Waals surface area contributed by atoms with Crippen molar-refractivity contribution in [3.8, 4) is 0 Å². The molecular formula is C18H25NO2. The topological polar surface area (TPSA) is 40.5 Å². The third kappa shape index (κ3) is 2.84. The molecule has 1 aliphatic heterocycles. The second-order valence-corrected chi connectivity index (χ2v) is 6.98. The molecule has 2 aliphatic rings. The smallest absolute Gasteiger partial charge is 0.312 e. The number of hydrogen-bond donors (Lipinski definition) is 1. The molecule has 4 atom stereocenters. The van der Waals surface area contributed by atoms with Gasteiger partial charge >= 0.3 is 5.97 Å². The first-order valence-electron chi connectivity index (χ1n) is 8.11. The summed E-state index contributed by atoms with van der Waals surface area (Å²) in [5.74, 6) is 0.357. The van der Waals surface area contributed by atoms with Crippen molar-refractivity contribution >= 4 is 5.97 Å². The number of benzene rings is 1. The highest BCUT2D eigenvalue weighted by molar-refractivity contribution is 5.77. The molecule has 4 unspecified atom stereocenters. The van der Waals surface area contributed by atoms with Crippen LogP contribution in [0, 0.1) is 11.8 Å². The average molecular weight is 287 g/mol. The van der Waals surface area contributed by atoms with Crippen LogP contribution in [0.1, 0.15) is 50.2 Å². The van der Waals surface area contributed by atoms with Crippen LogP contribution in [0.15, 0.2) is 24.3 Å². The fraction of sp³-hybridized carbons (Fsp3) is 0.611. The van der Waals surface area contributed by atoms with Crippen molar-refractivity contribution in [3.63, 3.8) is 0 Å². The Morgan fingerprint density at radius 1 is 1.24 bits per heavy atom. The monoisotopic (exact) mass is 287 g/mol. The summed E-state index contributed by atoms with van der Waals surface area (Å²) < 4.78 is 0. The zero-order valence-electron chi connectivity index (χ0n) is 13.0. The highest BCUT2D eigenvalue weighted by Gasteiger charge is 2.37. The Morgan fingerprint density at radius 3 is 2.76 bits per heavy atom. The van der Waals surface area contributed by atoms with E-state index in [1.54, 1.807) is 0 Å². The largest absolute Gasteiger partial charge is 0.481 e. The normalized spacial score (nSPS) is 33.4. The molecule has 1 fully saturated rings. The maximum atomic E-state index is 11.7. The second-order valence-electron chi connectivity index (χ2n) is 6.98. The minimum absolute atomic E-state index is 0.376. The van der Waals surface area contributed by atoms with Crippen LogP contribution >= 0.6 is 0 Å². The summed E-state index contributed by atoms with van der Waals surface area (Å²) in [6.07, 6.45) is 3.78. The molecule has 0 spiro atoms. The van der Waals surface area contributed by atoms with Crippen LogP contribution in [0.2, 0.25) is 0 Å². The number of hydrogen-bond acceptors (Lipinski definition) is 2. The van der Waals surface area contributed by atoms with E-state index in [4.69, 9.17) is 0 Å². The van der Waals surface area contributed by atoms with Gasteiger partial charge in [-0.05, 0) is 35.8 Å². The third-order valence-corrected chi connectivity index (χ3v) is 5.40. The number of aliphatic carboxylic acids is 1. The van der Waals surface area contributed by atoms with E-state index in [-0.39, 0.29) is 5.92 Å². The van der Waals surface area contributed by atoms with Crippen molar-refractivity contribution in [2.45, 2.75) is 51.6 Å². The van der Waals surface area contributed by atoms with Gasteiger partial charge in [0.2, 0.25) is 0 Å². The van der Waals surface area contributed by atoms with E-state index >= 15 is 0 Å². The first-order valence-corrected chi connectivity index (χ1v) is 8.11. The molecule has 0 radical (unpaired) electrons. The molecule has 114 valence electrons. The second kappa shape index (κ2) is 5.80. The van der Waals surface area contributed by atoms with E-state index in [1.165, 1.54) is 24.8 Å². The van der Waals surface area contributed by atoms with E-state index < -0.39 is 5.97 Å². The van der Waals surface area contributed by atoms with Crippen LogP contribution in [0.3, 0.4) is 0 Å². The Balaban J connectivity index is 1.87.